The number of anilines is 1. The zero-order chi connectivity index (χ0) is 18.0. The number of ketones is 2. The van der Waals surface area contributed by atoms with Crippen LogP contribution >= 0.6 is 0 Å². The van der Waals surface area contributed by atoms with Gasteiger partial charge in [-0.3, -0.25) is 9.59 Å². The lowest BCUT2D eigenvalue weighted by Gasteiger charge is -2.13. The van der Waals surface area contributed by atoms with Crippen molar-refractivity contribution in [2.24, 2.45) is 0 Å². The molecule has 0 fully saturated rings. The van der Waals surface area contributed by atoms with E-state index in [1.807, 2.05) is 0 Å². The SMILES string of the molecule is Nc1c(O)c(C(=O)c2ccccc2)cc(O)c1C(=O)c1ccccc1. The average Bonchev–Trinajstić information content (AvgIpc) is 2.65. The van der Waals surface area contributed by atoms with Gasteiger partial charge in [0.15, 0.2) is 17.3 Å². The van der Waals surface area contributed by atoms with Crippen LogP contribution in [0, 0.1) is 0 Å². The Labute approximate surface area is 144 Å². The Balaban J connectivity index is 2.09. The number of carbonyl (C=O) groups excluding carboxylic acids is 2. The summed E-state index contributed by atoms with van der Waals surface area (Å²) in [6.07, 6.45) is 0. The van der Waals surface area contributed by atoms with Crippen LogP contribution in [-0.2, 0) is 0 Å². The maximum absolute atomic E-state index is 12.6. The molecule has 0 amide bonds. The highest BCUT2D eigenvalue weighted by atomic mass is 16.3. The van der Waals surface area contributed by atoms with E-state index in [-0.39, 0.29) is 16.8 Å². The Hall–Kier alpha value is -3.60. The highest BCUT2D eigenvalue weighted by Crippen LogP contribution is 2.37. The number of benzene rings is 3. The zero-order valence-corrected chi connectivity index (χ0v) is 13.1. The van der Waals surface area contributed by atoms with Crippen molar-refractivity contribution in [3.05, 3.63) is 89.0 Å². The summed E-state index contributed by atoms with van der Waals surface area (Å²) in [4.78, 5) is 25.1. The Kier molecular flexibility index (Phi) is 4.22. The lowest BCUT2D eigenvalue weighted by atomic mass is 9.95. The molecule has 0 saturated carbocycles. The topological polar surface area (TPSA) is 101 Å². The van der Waals surface area contributed by atoms with E-state index in [9.17, 15) is 19.8 Å². The summed E-state index contributed by atoms with van der Waals surface area (Å²) < 4.78 is 0. The highest BCUT2D eigenvalue weighted by Gasteiger charge is 2.25. The molecule has 0 spiro atoms. The summed E-state index contributed by atoms with van der Waals surface area (Å²) in [5.41, 5.74) is 5.78. The maximum atomic E-state index is 12.6. The van der Waals surface area contributed by atoms with Gasteiger partial charge in [0.2, 0.25) is 0 Å². The quantitative estimate of drug-likeness (QED) is 0.295. The van der Waals surface area contributed by atoms with Crippen molar-refractivity contribution in [2.75, 3.05) is 5.73 Å². The Bertz CT molecular complexity index is 950. The molecule has 0 bridgehead atoms. The van der Waals surface area contributed by atoms with Gasteiger partial charge >= 0.3 is 0 Å². The summed E-state index contributed by atoms with van der Waals surface area (Å²) in [6.45, 7) is 0. The molecule has 25 heavy (non-hydrogen) atoms. The van der Waals surface area contributed by atoms with Crippen LogP contribution in [0.25, 0.3) is 0 Å². The van der Waals surface area contributed by atoms with E-state index >= 15 is 0 Å². The van der Waals surface area contributed by atoms with Crippen molar-refractivity contribution in [3.8, 4) is 11.5 Å². The van der Waals surface area contributed by atoms with E-state index in [2.05, 4.69) is 0 Å². The molecule has 0 aliphatic rings. The normalized spacial score (nSPS) is 10.4. The summed E-state index contributed by atoms with van der Waals surface area (Å²) >= 11 is 0. The molecule has 0 heterocycles. The number of hydrogen-bond donors (Lipinski definition) is 3. The molecular formula is C20H15NO4. The zero-order valence-electron chi connectivity index (χ0n) is 13.1. The van der Waals surface area contributed by atoms with Gasteiger partial charge in [0.25, 0.3) is 0 Å². The largest absolute Gasteiger partial charge is 0.507 e. The van der Waals surface area contributed by atoms with Crippen LogP contribution in [-0.4, -0.2) is 21.8 Å². The second kappa shape index (κ2) is 6.49. The number of nitrogens with two attached hydrogens (primary N) is 1. The monoisotopic (exact) mass is 333 g/mol. The molecule has 5 heteroatoms. The van der Waals surface area contributed by atoms with Crippen molar-refractivity contribution in [3.63, 3.8) is 0 Å². The first kappa shape index (κ1) is 16.3. The third kappa shape index (κ3) is 2.95. The lowest BCUT2D eigenvalue weighted by molar-refractivity contribution is 0.102. The number of hydrogen-bond acceptors (Lipinski definition) is 5. The summed E-state index contributed by atoms with van der Waals surface area (Å²) in [5, 5.41) is 20.6. The predicted octanol–water partition coefficient (Wildman–Crippen LogP) is 3.14. The van der Waals surface area contributed by atoms with Crippen LogP contribution in [0.15, 0.2) is 66.7 Å². The molecule has 3 rings (SSSR count). The number of phenols is 2. The molecule has 5 nitrogen and oxygen atoms in total. The van der Waals surface area contributed by atoms with Gasteiger partial charge in [-0.1, -0.05) is 60.7 Å². The highest BCUT2D eigenvalue weighted by molar-refractivity contribution is 6.18. The van der Waals surface area contributed by atoms with E-state index < -0.39 is 23.1 Å². The smallest absolute Gasteiger partial charge is 0.198 e. The molecular weight excluding hydrogens is 318 g/mol. The predicted molar refractivity (Wildman–Crippen MR) is 93.9 cm³/mol. The summed E-state index contributed by atoms with van der Waals surface area (Å²) in [5.74, 6) is -2.02. The van der Waals surface area contributed by atoms with Gasteiger partial charge in [-0.2, -0.15) is 0 Å². The summed E-state index contributed by atoms with van der Waals surface area (Å²) in [7, 11) is 0. The van der Waals surface area contributed by atoms with Crippen LogP contribution in [0.3, 0.4) is 0 Å². The van der Waals surface area contributed by atoms with Gasteiger partial charge < -0.3 is 15.9 Å². The van der Waals surface area contributed by atoms with Crippen molar-refractivity contribution in [1.82, 2.24) is 0 Å². The average molecular weight is 333 g/mol. The van der Waals surface area contributed by atoms with E-state index in [1.165, 1.54) is 0 Å². The Morgan fingerprint density at radius 2 is 1.24 bits per heavy atom. The fraction of sp³-hybridized carbons (Fsp3) is 0. The maximum Gasteiger partial charge on any atom is 0.198 e. The van der Waals surface area contributed by atoms with Crippen LogP contribution in [0.5, 0.6) is 11.5 Å². The molecule has 3 aromatic carbocycles. The van der Waals surface area contributed by atoms with E-state index in [0.717, 1.165) is 6.07 Å². The number of nitrogen functional groups attached to an aromatic ring is 1. The first-order valence-electron chi connectivity index (χ1n) is 7.54. The fourth-order valence-electron chi connectivity index (χ4n) is 2.57. The van der Waals surface area contributed by atoms with E-state index in [0.29, 0.717) is 11.1 Å². The molecule has 0 atom stereocenters. The summed E-state index contributed by atoms with van der Waals surface area (Å²) in [6, 6.07) is 17.6. The van der Waals surface area contributed by atoms with Crippen LogP contribution in [0.4, 0.5) is 5.69 Å². The standard InChI is InChI=1S/C20H15NO4/c21-17-16(19(24)13-9-5-2-6-10-13)15(22)11-14(20(17)25)18(23)12-7-3-1-4-8-12/h1-11,22,25H,21H2. The van der Waals surface area contributed by atoms with Crippen molar-refractivity contribution >= 4 is 17.3 Å². The minimum atomic E-state index is -0.537. The van der Waals surface area contributed by atoms with Gasteiger partial charge in [0, 0.05) is 11.1 Å². The molecule has 124 valence electrons. The second-order valence-electron chi connectivity index (χ2n) is 5.47. The molecule has 0 radical (unpaired) electrons. The van der Waals surface area contributed by atoms with Gasteiger partial charge in [-0.25, -0.2) is 0 Å². The van der Waals surface area contributed by atoms with Crippen molar-refractivity contribution in [1.29, 1.82) is 0 Å². The number of phenolic OH excluding ortho intramolecular Hbond substituents is 2. The Morgan fingerprint density at radius 1 is 0.760 bits per heavy atom. The number of rotatable bonds is 4. The minimum Gasteiger partial charge on any atom is -0.507 e. The number of carbonyl (C=O) groups is 2. The first-order valence-corrected chi connectivity index (χ1v) is 7.54. The molecule has 0 saturated heterocycles. The van der Waals surface area contributed by atoms with Crippen molar-refractivity contribution in [2.45, 2.75) is 0 Å². The van der Waals surface area contributed by atoms with Gasteiger partial charge in [0.1, 0.15) is 5.75 Å². The van der Waals surface area contributed by atoms with Gasteiger partial charge in [0.05, 0.1) is 16.8 Å². The fourth-order valence-corrected chi connectivity index (χ4v) is 2.57. The third-order valence-electron chi connectivity index (χ3n) is 3.86. The Morgan fingerprint density at radius 3 is 1.76 bits per heavy atom. The molecule has 0 unspecified atom stereocenters. The van der Waals surface area contributed by atoms with E-state index in [1.54, 1.807) is 60.7 Å². The molecule has 3 aromatic rings. The molecule has 4 N–H and O–H groups in total. The van der Waals surface area contributed by atoms with Gasteiger partial charge in [-0.15, -0.1) is 0 Å². The van der Waals surface area contributed by atoms with Crippen LogP contribution in [0.2, 0.25) is 0 Å². The van der Waals surface area contributed by atoms with E-state index in [4.69, 9.17) is 5.73 Å². The minimum absolute atomic E-state index is 0.161. The third-order valence-corrected chi connectivity index (χ3v) is 3.86. The van der Waals surface area contributed by atoms with Crippen LogP contribution < -0.4 is 5.73 Å². The van der Waals surface area contributed by atoms with Crippen LogP contribution in [0.1, 0.15) is 31.8 Å². The molecule has 0 aliphatic carbocycles. The van der Waals surface area contributed by atoms with Crippen molar-refractivity contribution < 1.29 is 19.8 Å². The van der Waals surface area contributed by atoms with Gasteiger partial charge in [-0.05, 0) is 6.07 Å². The first-order chi connectivity index (χ1) is 12.0. The molecule has 0 aromatic heterocycles. The number of aromatic hydroxyl groups is 2. The second-order valence-corrected chi connectivity index (χ2v) is 5.47. The lowest BCUT2D eigenvalue weighted by Crippen LogP contribution is -2.09. The molecule has 0 aliphatic heterocycles.